The molecule has 0 aliphatic carbocycles. The molecular weight excluding hydrogens is 296 g/mol. The topological polar surface area (TPSA) is 35.5 Å². The van der Waals surface area contributed by atoms with E-state index < -0.39 is 6.10 Å². The van der Waals surface area contributed by atoms with E-state index in [1.807, 2.05) is 32.0 Å². The molecule has 0 fully saturated rings. The number of benzene rings is 1. The Labute approximate surface area is 116 Å². The highest BCUT2D eigenvalue weighted by Crippen LogP contribution is 2.30. The molecular formula is C14H17BrO3. The molecule has 0 saturated heterocycles. The van der Waals surface area contributed by atoms with Crippen molar-refractivity contribution < 1.29 is 14.3 Å². The summed E-state index contributed by atoms with van der Waals surface area (Å²) in [6.45, 7) is 4.48. The summed E-state index contributed by atoms with van der Waals surface area (Å²) in [7, 11) is 0. The van der Waals surface area contributed by atoms with E-state index in [0.717, 1.165) is 22.2 Å². The summed E-state index contributed by atoms with van der Waals surface area (Å²) in [5.41, 5.74) is 1.14. The van der Waals surface area contributed by atoms with Crippen molar-refractivity contribution >= 4 is 21.9 Å². The van der Waals surface area contributed by atoms with Crippen LogP contribution in [-0.2, 0) is 16.0 Å². The smallest absolute Gasteiger partial charge is 0.347 e. The van der Waals surface area contributed by atoms with Crippen LogP contribution < -0.4 is 4.74 Å². The van der Waals surface area contributed by atoms with Crippen LogP contribution in [0.4, 0.5) is 0 Å². The summed E-state index contributed by atoms with van der Waals surface area (Å²) in [6, 6.07) is 5.84. The fourth-order valence-corrected chi connectivity index (χ4v) is 2.27. The molecule has 18 heavy (non-hydrogen) atoms. The summed E-state index contributed by atoms with van der Waals surface area (Å²) < 4.78 is 11.9. The Morgan fingerprint density at radius 3 is 3.06 bits per heavy atom. The number of ether oxygens (including phenoxy) is 2. The van der Waals surface area contributed by atoms with Gasteiger partial charge in [-0.1, -0.05) is 29.8 Å². The molecule has 1 unspecified atom stereocenters. The van der Waals surface area contributed by atoms with Crippen molar-refractivity contribution in [1.82, 2.24) is 0 Å². The van der Waals surface area contributed by atoms with Crippen LogP contribution in [0.25, 0.3) is 0 Å². The predicted molar refractivity (Wildman–Crippen MR) is 72.7 cm³/mol. The normalized spacial score (nSPS) is 18.1. The van der Waals surface area contributed by atoms with E-state index in [-0.39, 0.29) is 5.97 Å². The Balaban J connectivity index is 1.99. The van der Waals surface area contributed by atoms with Gasteiger partial charge in [-0.25, -0.2) is 4.79 Å². The summed E-state index contributed by atoms with van der Waals surface area (Å²) in [5, 5.41) is 0. The highest BCUT2D eigenvalue weighted by atomic mass is 79.9. The SMILES string of the molecule is CC(C)COC(=O)C1CCc2cc(Br)ccc2O1. The van der Waals surface area contributed by atoms with E-state index in [9.17, 15) is 4.79 Å². The summed E-state index contributed by atoms with van der Waals surface area (Å²) >= 11 is 3.43. The van der Waals surface area contributed by atoms with Crippen molar-refractivity contribution in [3.05, 3.63) is 28.2 Å². The Morgan fingerprint density at radius 2 is 2.33 bits per heavy atom. The van der Waals surface area contributed by atoms with Crippen molar-refractivity contribution in [2.45, 2.75) is 32.8 Å². The maximum Gasteiger partial charge on any atom is 0.347 e. The van der Waals surface area contributed by atoms with Gasteiger partial charge in [0.25, 0.3) is 0 Å². The standard InChI is InChI=1S/C14H17BrO3/c1-9(2)8-17-14(16)13-5-3-10-7-11(15)4-6-12(10)18-13/h4,6-7,9,13H,3,5,8H2,1-2H3. The summed E-state index contributed by atoms with van der Waals surface area (Å²) in [5.74, 6) is 0.883. The fraction of sp³-hybridized carbons (Fsp3) is 0.500. The lowest BCUT2D eigenvalue weighted by atomic mass is 10.0. The minimum atomic E-state index is -0.461. The largest absolute Gasteiger partial charge is 0.478 e. The average Bonchev–Trinajstić information content (AvgIpc) is 2.35. The maximum absolute atomic E-state index is 11.8. The zero-order chi connectivity index (χ0) is 13.1. The van der Waals surface area contributed by atoms with Crippen molar-refractivity contribution in [3.63, 3.8) is 0 Å². The minimum absolute atomic E-state index is 0.253. The molecule has 0 radical (unpaired) electrons. The van der Waals surface area contributed by atoms with Gasteiger partial charge in [0.2, 0.25) is 0 Å². The molecule has 3 nitrogen and oxygen atoms in total. The van der Waals surface area contributed by atoms with Crippen LogP contribution in [0.5, 0.6) is 5.75 Å². The van der Waals surface area contributed by atoms with Gasteiger partial charge in [-0.2, -0.15) is 0 Å². The number of fused-ring (bicyclic) bond motifs is 1. The van der Waals surface area contributed by atoms with E-state index in [2.05, 4.69) is 15.9 Å². The number of halogens is 1. The van der Waals surface area contributed by atoms with E-state index in [0.29, 0.717) is 18.9 Å². The molecule has 1 aromatic carbocycles. The number of aryl methyl sites for hydroxylation is 1. The summed E-state index contributed by atoms with van der Waals surface area (Å²) in [4.78, 5) is 11.8. The monoisotopic (exact) mass is 312 g/mol. The van der Waals surface area contributed by atoms with Crippen molar-refractivity contribution in [1.29, 1.82) is 0 Å². The lowest BCUT2D eigenvalue weighted by Crippen LogP contribution is -2.33. The van der Waals surface area contributed by atoms with Gasteiger partial charge in [-0.3, -0.25) is 0 Å². The van der Waals surface area contributed by atoms with Crippen LogP contribution in [0.2, 0.25) is 0 Å². The second-order valence-electron chi connectivity index (χ2n) is 4.92. The Hall–Kier alpha value is -1.03. The molecule has 1 aliphatic heterocycles. The van der Waals surface area contributed by atoms with Gasteiger partial charge in [0.05, 0.1) is 6.61 Å². The number of hydrogen-bond donors (Lipinski definition) is 0. The molecule has 0 saturated carbocycles. The quantitative estimate of drug-likeness (QED) is 0.803. The molecule has 1 atom stereocenters. The van der Waals surface area contributed by atoms with E-state index in [1.54, 1.807) is 0 Å². The number of carbonyl (C=O) groups excluding carboxylic acids is 1. The Morgan fingerprint density at radius 1 is 1.56 bits per heavy atom. The number of hydrogen-bond acceptors (Lipinski definition) is 3. The first-order valence-corrected chi connectivity index (χ1v) is 6.97. The molecule has 0 spiro atoms. The second kappa shape index (κ2) is 5.74. The van der Waals surface area contributed by atoms with E-state index >= 15 is 0 Å². The van der Waals surface area contributed by atoms with Crippen LogP contribution in [0, 0.1) is 5.92 Å². The highest BCUT2D eigenvalue weighted by Gasteiger charge is 2.27. The lowest BCUT2D eigenvalue weighted by Gasteiger charge is -2.25. The van der Waals surface area contributed by atoms with Crippen molar-refractivity contribution in [3.8, 4) is 5.75 Å². The molecule has 0 N–H and O–H groups in total. The van der Waals surface area contributed by atoms with Gasteiger partial charge < -0.3 is 9.47 Å². The Bertz CT molecular complexity index is 443. The number of carbonyl (C=O) groups is 1. The molecule has 0 bridgehead atoms. The first-order chi connectivity index (χ1) is 8.56. The van der Waals surface area contributed by atoms with Gasteiger partial charge in [-0.05, 0) is 42.5 Å². The molecule has 2 rings (SSSR count). The van der Waals surface area contributed by atoms with Gasteiger partial charge in [0.1, 0.15) is 5.75 Å². The first-order valence-electron chi connectivity index (χ1n) is 6.18. The van der Waals surface area contributed by atoms with Gasteiger partial charge in [0.15, 0.2) is 6.10 Å². The van der Waals surface area contributed by atoms with Crippen LogP contribution >= 0.6 is 15.9 Å². The van der Waals surface area contributed by atoms with E-state index in [4.69, 9.17) is 9.47 Å². The number of rotatable bonds is 3. The zero-order valence-electron chi connectivity index (χ0n) is 10.6. The van der Waals surface area contributed by atoms with Crippen molar-refractivity contribution in [2.75, 3.05) is 6.61 Å². The Kier molecular flexibility index (Phi) is 4.27. The molecule has 1 aliphatic rings. The second-order valence-corrected chi connectivity index (χ2v) is 5.84. The molecule has 1 heterocycles. The molecule has 4 heteroatoms. The third-order valence-electron chi connectivity index (χ3n) is 2.79. The van der Waals surface area contributed by atoms with Gasteiger partial charge >= 0.3 is 5.97 Å². The van der Waals surface area contributed by atoms with Crippen LogP contribution in [0.1, 0.15) is 25.8 Å². The van der Waals surface area contributed by atoms with Gasteiger partial charge in [-0.15, -0.1) is 0 Å². The van der Waals surface area contributed by atoms with Crippen LogP contribution in [-0.4, -0.2) is 18.7 Å². The molecule has 0 amide bonds. The third kappa shape index (κ3) is 3.25. The van der Waals surface area contributed by atoms with Crippen LogP contribution in [0.15, 0.2) is 22.7 Å². The van der Waals surface area contributed by atoms with E-state index in [1.165, 1.54) is 0 Å². The average molecular weight is 313 g/mol. The molecule has 1 aromatic rings. The van der Waals surface area contributed by atoms with Crippen molar-refractivity contribution in [2.24, 2.45) is 5.92 Å². The first kappa shape index (κ1) is 13.4. The predicted octanol–water partition coefficient (Wildman–Crippen LogP) is 3.34. The van der Waals surface area contributed by atoms with Crippen LogP contribution in [0.3, 0.4) is 0 Å². The lowest BCUT2D eigenvalue weighted by molar-refractivity contribution is -0.153. The molecule has 0 aromatic heterocycles. The zero-order valence-corrected chi connectivity index (χ0v) is 12.2. The minimum Gasteiger partial charge on any atom is -0.478 e. The third-order valence-corrected chi connectivity index (χ3v) is 3.28. The fourth-order valence-electron chi connectivity index (χ4n) is 1.86. The maximum atomic E-state index is 11.8. The van der Waals surface area contributed by atoms with Gasteiger partial charge in [0, 0.05) is 4.47 Å². The molecule has 98 valence electrons. The highest BCUT2D eigenvalue weighted by molar-refractivity contribution is 9.10. The number of esters is 1. The summed E-state index contributed by atoms with van der Waals surface area (Å²) in [6.07, 6.45) is 1.06.